The Hall–Kier alpha value is -3.43. The van der Waals surface area contributed by atoms with Crippen LogP contribution in [0.5, 0.6) is 0 Å². The van der Waals surface area contributed by atoms with E-state index in [2.05, 4.69) is 10.6 Å². The normalized spacial score (nSPS) is 15.1. The lowest BCUT2D eigenvalue weighted by Crippen LogP contribution is -2.43. The fraction of sp³-hybridized carbons (Fsp3) is 0.407. The lowest BCUT2D eigenvalue weighted by Gasteiger charge is -2.15. The molecule has 0 bridgehead atoms. The van der Waals surface area contributed by atoms with Gasteiger partial charge in [-0.05, 0) is 55.5 Å². The highest BCUT2D eigenvalue weighted by molar-refractivity contribution is 6.30. The van der Waals surface area contributed by atoms with Gasteiger partial charge in [-0.1, -0.05) is 35.9 Å². The summed E-state index contributed by atoms with van der Waals surface area (Å²) in [7, 11) is 0. The molecule has 37 heavy (non-hydrogen) atoms. The van der Waals surface area contributed by atoms with Gasteiger partial charge in [-0.25, -0.2) is 4.79 Å². The number of benzene rings is 2. The molecule has 2 heterocycles. The molecule has 0 saturated carbocycles. The summed E-state index contributed by atoms with van der Waals surface area (Å²) in [5.74, 6) is -0.482. The zero-order valence-corrected chi connectivity index (χ0v) is 21.3. The van der Waals surface area contributed by atoms with Crippen molar-refractivity contribution in [3.8, 4) is 0 Å². The van der Waals surface area contributed by atoms with Crippen LogP contribution in [0.25, 0.3) is 10.9 Å². The molecule has 1 aliphatic heterocycles. The number of aromatic nitrogens is 2. The summed E-state index contributed by atoms with van der Waals surface area (Å²) in [6, 6.07) is 14.2. The lowest BCUT2D eigenvalue weighted by molar-refractivity contribution is -0.122. The smallest absolute Gasteiger partial charge is 0.331 e. The van der Waals surface area contributed by atoms with Crippen LogP contribution in [-0.2, 0) is 33.8 Å². The first-order chi connectivity index (χ1) is 17.9. The number of carbonyl (C=O) groups excluding carboxylic acids is 2. The molecule has 196 valence electrons. The van der Waals surface area contributed by atoms with Gasteiger partial charge in [0.2, 0.25) is 11.8 Å². The summed E-state index contributed by atoms with van der Waals surface area (Å²) in [4.78, 5) is 51.2. The summed E-state index contributed by atoms with van der Waals surface area (Å²) in [5.41, 5.74) is 0.465. The van der Waals surface area contributed by atoms with Crippen LogP contribution in [0.2, 0.25) is 5.02 Å². The molecule has 1 atom stereocenters. The van der Waals surface area contributed by atoms with Gasteiger partial charge in [-0.2, -0.15) is 0 Å². The third-order valence-electron chi connectivity index (χ3n) is 6.42. The van der Waals surface area contributed by atoms with Crippen LogP contribution in [0.3, 0.4) is 0 Å². The zero-order chi connectivity index (χ0) is 26.2. The highest BCUT2D eigenvalue weighted by Gasteiger charge is 2.18. The van der Waals surface area contributed by atoms with Crippen molar-refractivity contribution in [3.63, 3.8) is 0 Å². The average molecular weight is 527 g/mol. The molecular formula is C27H31ClN4O5. The summed E-state index contributed by atoms with van der Waals surface area (Å²) in [6.07, 6.45) is 3.00. The molecule has 2 N–H and O–H groups in total. The maximum absolute atomic E-state index is 13.2. The molecule has 3 aromatic rings. The molecule has 1 aliphatic rings. The van der Waals surface area contributed by atoms with Crippen LogP contribution in [0, 0.1) is 0 Å². The summed E-state index contributed by atoms with van der Waals surface area (Å²) < 4.78 is 7.95. The van der Waals surface area contributed by atoms with Crippen LogP contribution in [0.1, 0.15) is 31.2 Å². The Labute approximate surface area is 219 Å². The van der Waals surface area contributed by atoms with Crippen LogP contribution in [-0.4, -0.2) is 46.7 Å². The fourth-order valence-electron chi connectivity index (χ4n) is 4.44. The number of rotatable bonds is 11. The summed E-state index contributed by atoms with van der Waals surface area (Å²) >= 11 is 5.89. The van der Waals surface area contributed by atoms with Crippen molar-refractivity contribution < 1.29 is 14.3 Å². The van der Waals surface area contributed by atoms with Gasteiger partial charge in [0.05, 0.1) is 17.0 Å². The van der Waals surface area contributed by atoms with Gasteiger partial charge < -0.3 is 15.4 Å². The molecule has 0 spiro atoms. The van der Waals surface area contributed by atoms with Crippen LogP contribution >= 0.6 is 11.6 Å². The predicted molar refractivity (Wildman–Crippen MR) is 142 cm³/mol. The highest BCUT2D eigenvalue weighted by atomic mass is 35.5. The minimum absolute atomic E-state index is 0.0105. The van der Waals surface area contributed by atoms with E-state index in [1.54, 1.807) is 36.4 Å². The topological polar surface area (TPSA) is 111 Å². The number of halogens is 1. The van der Waals surface area contributed by atoms with Crippen LogP contribution in [0.4, 0.5) is 0 Å². The molecule has 9 nitrogen and oxygen atoms in total. The monoisotopic (exact) mass is 526 g/mol. The average Bonchev–Trinajstić information content (AvgIpc) is 3.42. The molecule has 1 fully saturated rings. The number of nitrogens with zero attached hydrogens (tertiary/aromatic N) is 2. The van der Waals surface area contributed by atoms with Crippen molar-refractivity contribution in [3.05, 3.63) is 80.0 Å². The van der Waals surface area contributed by atoms with E-state index in [0.717, 1.165) is 23.0 Å². The molecule has 0 aliphatic carbocycles. The van der Waals surface area contributed by atoms with Gasteiger partial charge in [0.1, 0.15) is 6.54 Å². The third kappa shape index (κ3) is 7.08. The largest absolute Gasteiger partial charge is 0.376 e. The number of hydrogen-bond acceptors (Lipinski definition) is 5. The van der Waals surface area contributed by atoms with E-state index in [1.165, 1.54) is 4.57 Å². The fourth-order valence-corrected chi connectivity index (χ4v) is 4.56. The van der Waals surface area contributed by atoms with Crippen LogP contribution in [0.15, 0.2) is 58.1 Å². The van der Waals surface area contributed by atoms with Gasteiger partial charge in [-0.15, -0.1) is 0 Å². The van der Waals surface area contributed by atoms with Gasteiger partial charge in [0, 0.05) is 37.7 Å². The quantitative estimate of drug-likeness (QED) is 0.398. The van der Waals surface area contributed by atoms with E-state index in [0.29, 0.717) is 48.5 Å². The third-order valence-corrected chi connectivity index (χ3v) is 6.67. The van der Waals surface area contributed by atoms with Crippen molar-refractivity contribution in [2.75, 3.05) is 19.7 Å². The Morgan fingerprint density at radius 2 is 1.78 bits per heavy atom. The number of ether oxygens (including phenoxy) is 1. The second kappa shape index (κ2) is 12.7. The molecule has 1 unspecified atom stereocenters. The van der Waals surface area contributed by atoms with E-state index < -0.39 is 11.2 Å². The van der Waals surface area contributed by atoms with E-state index in [1.807, 2.05) is 12.1 Å². The van der Waals surface area contributed by atoms with Gasteiger partial charge in [-0.3, -0.25) is 23.5 Å². The minimum Gasteiger partial charge on any atom is -0.376 e. The van der Waals surface area contributed by atoms with Gasteiger partial charge >= 0.3 is 5.69 Å². The van der Waals surface area contributed by atoms with Crippen molar-refractivity contribution in [1.82, 2.24) is 19.8 Å². The van der Waals surface area contributed by atoms with Crippen molar-refractivity contribution in [2.24, 2.45) is 0 Å². The van der Waals surface area contributed by atoms with Crippen molar-refractivity contribution in [2.45, 2.75) is 51.3 Å². The van der Waals surface area contributed by atoms with E-state index in [9.17, 15) is 19.2 Å². The van der Waals surface area contributed by atoms with Crippen molar-refractivity contribution in [1.29, 1.82) is 0 Å². The second-order valence-electron chi connectivity index (χ2n) is 9.11. The summed E-state index contributed by atoms with van der Waals surface area (Å²) in [6.45, 7) is 1.42. The maximum atomic E-state index is 13.2. The summed E-state index contributed by atoms with van der Waals surface area (Å²) in [5, 5.41) is 6.69. The Morgan fingerprint density at radius 1 is 1.00 bits per heavy atom. The minimum atomic E-state index is -0.570. The van der Waals surface area contributed by atoms with Crippen LogP contribution < -0.4 is 21.9 Å². The Balaban J connectivity index is 1.37. The Morgan fingerprint density at radius 3 is 2.54 bits per heavy atom. The molecule has 1 aromatic heterocycles. The molecule has 1 saturated heterocycles. The Bertz CT molecular complexity index is 1360. The lowest BCUT2D eigenvalue weighted by atomic mass is 10.1. The first kappa shape index (κ1) is 26.6. The van der Waals surface area contributed by atoms with E-state index >= 15 is 0 Å². The molecule has 4 rings (SSSR count). The van der Waals surface area contributed by atoms with Gasteiger partial charge in [0.15, 0.2) is 0 Å². The van der Waals surface area contributed by atoms with E-state index in [-0.39, 0.29) is 37.4 Å². The molecule has 2 amide bonds. The number of nitrogens with one attached hydrogen (secondary N) is 2. The first-order valence-corrected chi connectivity index (χ1v) is 12.9. The molecular weight excluding hydrogens is 496 g/mol. The zero-order valence-electron chi connectivity index (χ0n) is 20.6. The van der Waals surface area contributed by atoms with Crippen molar-refractivity contribution >= 4 is 34.3 Å². The second-order valence-corrected chi connectivity index (χ2v) is 9.55. The standard InChI is InChI=1S/C27H31ClN4O5/c28-20-11-9-19(10-12-20)13-14-29-24(33)8-3-15-31-26(35)22-6-1-2-7-23(22)32(27(31)36)18-25(34)30-17-21-5-4-16-37-21/h1-2,6-7,9-12,21H,3-5,8,13-18H2,(H,29,33)(H,30,34). The van der Waals surface area contributed by atoms with E-state index in [4.69, 9.17) is 16.3 Å². The number of hydrogen-bond donors (Lipinski definition) is 2. The molecule has 0 radical (unpaired) electrons. The predicted octanol–water partition coefficient (Wildman–Crippen LogP) is 2.25. The SMILES string of the molecule is O=C(CCCn1c(=O)c2ccccc2n(CC(=O)NCC2CCCO2)c1=O)NCCc1ccc(Cl)cc1. The van der Waals surface area contributed by atoms with Gasteiger partial charge in [0.25, 0.3) is 5.56 Å². The Kier molecular flexibility index (Phi) is 9.14. The number of amides is 2. The number of fused-ring (bicyclic) bond motifs is 1. The number of carbonyl (C=O) groups is 2. The number of para-hydroxylation sites is 1. The maximum Gasteiger partial charge on any atom is 0.331 e. The first-order valence-electron chi connectivity index (χ1n) is 12.5. The molecule has 2 aromatic carbocycles. The molecule has 10 heteroatoms. The highest BCUT2D eigenvalue weighted by Crippen LogP contribution is 2.11.